The SMILES string of the molecule is CC(=O)O[C@H]1C[C@@](C)(O)C(O)[C@@H]2OC(=O)[C@@]3(C)OC23[C@@H](OC(C)=O)C2[C@@H](C)C(=O)C(O)=C[C@]2(C)[C@H]1OC(C)=O. The molecule has 3 unspecified atom stereocenters. The minimum absolute atomic E-state index is 0.524. The molecular weight excluding hydrogens is 520 g/mol. The van der Waals surface area contributed by atoms with Gasteiger partial charge in [-0.2, -0.15) is 0 Å². The predicted octanol–water partition coefficient (Wildman–Crippen LogP) is 0.0334. The van der Waals surface area contributed by atoms with E-state index in [1.165, 1.54) is 27.7 Å². The van der Waals surface area contributed by atoms with Gasteiger partial charge in [-0.1, -0.05) is 13.8 Å². The smallest absolute Gasteiger partial charge is 0.342 e. The van der Waals surface area contributed by atoms with Gasteiger partial charge in [0.2, 0.25) is 0 Å². The minimum atomic E-state index is -2.15. The van der Waals surface area contributed by atoms with E-state index >= 15 is 0 Å². The molecule has 0 aromatic heterocycles. The Balaban J connectivity index is 2.07. The lowest BCUT2D eigenvalue weighted by molar-refractivity contribution is -0.224. The van der Waals surface area contributed by atoms with Crippen LogP contribution in [0.25, 0.3) is 0 Å². The van der Waals surface area contributed by atoms with Crippen LogP contribution in [0.3, 0.4) is 0 Å². The summed E-state index contributed by atoms with van der Waals surface area (Å²) >= 11 is 0. The van der Waals surface area contributed by atoms with Gasteiger partial charge in [0.05, 0.1) is 5.60 Å². The first-order chi connectivity index (χ1) is 17.8. The third kappa shape index (κ3) is 4.13. The molecule has 2 aliphatic carbocycles. The fourth-order valence-corrected chi connectivity index (χ4v) is 6.87. The van der Waals surface area contributed by atoms with Crippen molar-refractivity contribution < 1.29 is 63.0 Å². The number of rotatable bonds is 3. The number of ether oxygens (including phenoxy) is 5. The molecule has 3 N–H and O–H groups in total. The molecular formula is C26H34O13. The second kappa shape index (κ2) is 9.00. The van der Waals surface area contributed by atoms with Crippen LogP contribution >= 0.6 is 0 Å². The Hall–Kier alpha value is -3.03. The number of hydrogen-bond donors (Lipinski definition) is 3. The quantitative estimate of drug-likeness (QED) is 0.240. The summed E-state index contributed by atoms with van der Waals surface area (Å²) in [7, 11) is 0. The molecule has 4 rings (SSSR count). The molecule has 2 heterocycles. The lowest BCUT2D eigenvalue weighted by Crippen LogP contribution is -2.66. The maximum Gasteiger partial charge on any atom is 0.342 e. The average Bonchev–Trinajstić information content (AvgIpc) is 3.37. The highest BCUT2D eigenvalue weighted by Crippen LogP contribution is 2.65. The van der Waals surface area contributed by atoms with Crippen molar-refractivity contribution in [2.75, 3.05) is 0 Å². The van der Waals surface area contributed by atoms with E-state index in [2.05, 4.69) is 0 Å². The number of Topliss-reactive ketones (excluding diaryl/α,β-unsaturated/α-hetero) is 1. The number of carbonyl (C=O) groups excluding carboxylic acids is 5. The first-order valence-electron chi connectivity index (χ1n) is 12.6. The Morgan fingerprint density at radius 3 is 2.03 bits per heavy atom. The fourth-order valence-electron chi connectivity index (χ4n) is 6.87. The van der Waals surface area contributed by atoms with Crippen LogP contribution in [0.4, 0.5) is 0 Å². The van der Waals surface area contributed by atoms with Crippen molar-refractivity contribution in [1.29, 1.82) is 0 Å². The molecule has 2 saturated heterocycles. The van der Waals surface area contributed by atoms with Crippen LogP contribution < -0.4 is 0 Å². The van der Waals surface area contributed by atoms with Crippen LogP contribution in [0.2, 0.25) is 0 Å². The number of esters is 4. The highest BCUT2D eigenvalue weighted by molar-refractivity contribution is 5.96. The Morgan fingerprint density at radius 2 is 1.51 bits per heavy atom. The Kier molecular flexibility index (Phi) is 6.68. The molecule has 216 valence electrons. The van der Waals surface area contributed by atoms with Gasteiger partial charge in [0.25, 0.3) is 0 Å². The van der Waals surface area contributed by atoms with Crippen molar-refractivity contribution in [1.82, 2.24) is 0 Å². The molecule has 0 aromatic carbocycles. The number of ketones is 1. The summed E-state index contributed by atoms with van der Waals surface area (Å²) in [5.74, 6) is -7.06. The maximum atomic E-state index is 13.1. The lowest BCUT2D eigenvalue weighted by atomic mass is 9.56. The van der Waals surface area contributed by atoms with Gasteiger partial charge in [-0.25, -0.2) is 4.79 Å². The van der Waals surface area contributed by atoms with Gasteiger partial charge in [-0.05, 0) is 19.9 Å². The van der Waals surface area contributed by atoms with Crippen molar-refractivity contribution in [2.45, 2.75) is 102 Å². The van der Waals surface area contributed by atoms with Crippen molar-refractivity contribution in [3.63, 3.8) is 0 Å². The Morgan fingerprint density at radius 1 is 0.974 bits per heavy atom. The fraction of sp³-hybridized carbons (Fsp3) is 0.731. The molecule has 0 aromatic rings. The summed E-state index contributed by atoms with van der Waals surface area (Å²) in [6.45, 7) is 8.84. The molecule has 13 nitrogen and oxygen atoms in total. The summed E-state index contributed by atoms with van der Waals surface area (Å²) in [5, 5.41) is 33.6. The van der Waals surface area contributed by atoms with Crippen LogP contribution in [-0.4, -0.2) is 92.3 Å². The van der Waals surface area contributed by atoms with Crippen molar-refractivity contribution in [3.8, 4) is 0 Å². The molecule has 0 bridgehead atoms. The topological polar surface area (TPSA) is 195 Å². The third-order valence-corrected chi connectivity index (χ3v) is 8.63. The van der Waals surface area contributed by atoms with Gasteiger partial charge in [0.1, 0.15) is 24.4 Å². The van der Waals surface area contributed by atoms with Crippen molar-refractivity contribution in [3.05, 3.63) is 11.8 Å². The second-order valence-electron chi connectivity index (χ2n) is 11.5. The lowest BCUT2D eigenvalue weighted by Gasteiger charge is -2.52. The zero-order chi connectivity index (χ0) is 29.5. The van der Waals surface area contributed by atoms with Gasteiger partial charge >= 0.3 is 23.9 Å². The summed E-state index contributed by atoms with van der Waals surface area (Å²) in [5.41, 5.74) is -7.37. The number of allylic oxidation sites excluding steroid dienone is 1. The van der Waals surface area contributed by atoms with Crippen LogP contribution in [0.5, 0.6) is 0 Å². The largest absolute Gasteiger partial charge is 0.505 e. The summed E-state index contributed by atoms with van der Waals surface area (Å²) in [6, 6.07) is 0. The normalized spacial score (nSPS) is 46.9. The summed E-state index contributed by atoms with van der Waals surface area (Å²) < 4.78 is 28.4. The Labute approximate surface area is 224 Å². The molecule has 13 heteroatoms. The van der Waals surface area contributed by atoms with E-state index in [9.17, 15) is 39.3 Å². The minimum Gasteiger partial charge on any atom is -0.505 e. The molecule has 1 spiro atoms. The molecule has 0 amide bonds. The molecule has 2 aliphatic heterocycles. The highest BCUT2D eigenvalue weighted by atomic mass is 16.7. The van der Waals surface area contributed by atoms with Crippen molar-refractivity contribution in [2.24, 2.45) is 17.3 Å². The molecule has 11 atom stereocenters. The third-order valence-electron chi connectivity index (χ3n) is 8.63. The molecule has 0 radical (unpaired) electrons. The first kappa shape index (κ1) is 29.0. The van der Waals surface area contributed by atoms with Crippen LogP contribution in [-0.2, 0) is 47.7 Å². The standard InChI is InChI=1S/C26H34O13/c1-10-16-20(37-13(4)29)26-21(38-22(33)25(26,7)39-26)18(32)24(6,34)9-15(35-11(2)27)19(36-12(3)28)23(16,5)8-14(30)17(10)31/h8,10,15-16,18-21,30,32,34H,9H2,1-7H3/t10-,15+,16?,18?,19+,20+,21+,23+,24-,25-,26?/m1/s1. The maximum absolute atomic E-state index is 13.1. The van der Waals surface area contributed by atoms with E-state index in [0.29, 0.717) is 0 Å². The molecule has 1 saturated carbocycles. The molecule has 39 heavy (non-hydrogen) atoms. The van der Waals surface area contributed by atoms with E-state index in [-0.39, 0.29) is 0 Å². The number of hydrogen-bond acceptors (Lipinski definition) is 13. The van der Waals surface area contributed by atoms with E-state index in [1.807, 2.05) is 0 Å². The summed E-state index contributed by atoms with van der Waals surface area (Å²) in [4.78, 5) is 63.2. The predicted molar refractivity (Wildman–Crippen MR) is 126 cm³/mol. The van der Waals surface area contributed by atoms with Gasteiger partial charge in [0.15, 0.2) is 28.8 Å². The highest BCUT2D eigenvalue weighted by Gasteiger charge is 2.89. The zero-order valence-electron chi connectivity index (χ0n) is 22.8. The monoisotopic (exact) mass is 554 g/mol. The number of epoxide rings is 1. The number of fused-ring (bicyclic) bond motifs is 1. The van der Waals surface area contributed by atoms with Crippen LogP contribution in [0.1, 0.15) is 54.9 Å². The van der Waals surface area contributed by atoms with E-state index < -0.39 is 106 Å². The van der Waals surface area contributed by atoms with E-state index in [0.717, 1.165) is 26.8 Å². The number of aliphatic hydroxyl groups excluding tert-OH is 2. The zero-order valence-corrected chi connectivity index (χ0v) is 22.8. The van der Waals surface area contributed by atoms with Gasteiger partial charge in [-0.15, -0.1) is 0 Å². The van der Waals surface area contributed by atoms with Gasteiger partial charge in [-0.3, -0.25) is 19.2 Å². The molecule has 4 aliphatic rings. The van der Waals surface area contributed by atoms with Gasteiger partial charge in [0, 0.05) is 44.4 Å². The van der Waals surface area contributed by atoms with Crippen LogP contribution in [0.15, 0.2) is 11.8 Å². The van der Waals surface area contributed by atoms with Crippen molar-refractivity contribution >= 4 is 29.7 Å². The molecule has 3 fully saturated rings. The van der Waals surface area contributed by atoms with Gasteiger partial charge < -0.3 is 39.0 Å². The average molecular weight is 555 g/mol. The number of carbonyl (C=O) groups is 5. The van der Waals surface area contributed by atoms with E-state index in [1.54, 1.807) is 0 Å². The van der Waals surface area contributed by atoms with E-state index in [4.69, 9.17) is 23.7 Å². The first-order valence-corrected chi connectivity index (χ1v) is 12.6. The number of aliphatic hydroxyl groups is 3. The summed E-state index contributed by atoms with van der Waals surface area (Å²) in [6.07, 6.45) is -7.27. The Bertz CT molecular complexity index is 1160. The second-order valence-corrected chi connectivity index (χ2v) is 11.5. The van der Waals surface area contributed by atoms with Crippen LogP contribution in [0, 0.1) is 17.3 Å².